The number of ether oxygens (including phenoxy) is 1. The van der Waals surface area contributed by atoms with Gasteiger partial charge in [0, 0.05) is 18.8 Å². The van der Waals surface area contributed by atoms with Gasteiger partial charge in [-0.05, 0) is 17.7 Å². The minimum Gasteiger partial charge on any atom is -0.481 e. The second-order valence-electron chi connectivity index (χ2n) is 3.96. The van der Waals surface area contributed by atoms with Crippen LogP contribution < -0.4 is 10.1 Å². The smallest absolute Gasteiger partial charge is 0.327 e. The lowest BCUT2D eigenvalue weighted by Crippen LogP contribution is -2.04. The van der Waals surface area contributed by atoms with Crippen LogP contribution in [-0.4, -0.2) is 17.0 Å². The highest BCUT2D eigenvalue weighted by Gasteiger charge is 2.19. The van der Waals surface area contributed by atoms with Gasteiger partial charge < -0.3 is 10.1 Å². The third-order valence-electron chi connectivity index (χ3n) is 2.66. The average Bonchev–Trinajstić information content (AvgIpc) is 2.45. The molecule has 20 heavy (non-hydrogen) atoms. The first kappa shape index (κ1) is 13.7. The van der Waals surface area contributed by atoms with Crippen LogP contribution in [0.25, 0.3) is 0 Å². The van der Waals surface area contributed by atoms with Crippen molar-refractivity contribution in [1.29, 1.82) is 0 Å². The van der Waals surface area contributed by atoms with Crippen LogP contribution in [0, 0.1) is 15.9 Å². The van der Waals surface area contributed by atoms with Crippen molar-refractivity contribution in [2.45, 2.75) is 6.54 Å². The Labute approximate surface area is 114 Å². The standard InChI is InChI=1S/C13H12FN3O3/c1-20-12-6-5-9(8-16-12)7-15-11-4-2-3-10(14)13(11)17(18)19/h2-6,8,15H,7H2,1H3. The molecular formula is C13H12FN3O3. The minimum absolute atomic E-state index is 0.130. The van der Waals surface area contributed by atoms with Crippen molar-refractivity contribution in [2.24, 2.45) is 0 Å². The fourth-order valence-corrected chi connectivity index (χ4v) is 1.68. The molecule has 0 bridgehead atoms. The van der Waals surface area contributed by atoms with Gasteiger partial charge in [-0.1, -0.05) is 12.1 Å². The van der Waals surface area contributed by atoms with E-state index in [-0.39, 0.29) is 5.69 Å². The number of methoxy groups -OCH3 is 1. The zero-order chi connectivity index (χ0) is 14.5. The summed E-state index contributed by atoms with van der Waals surface area (Å²) < 4.78 is 18.3. The summed E-state index contributed by atoms with van der Waals surface area (Å²) in [6.45, 7) is 0.293. The van der Waals surface area contributed by atoms with Gasteiger partial charge >= 0.3 is 5.69 Å². The number of nitro groups is 1. The molecule has 0 aliphatic rings. The van der Waals surface area contributed by atoms with Gasteiger partial charge in [0.2, 0.25) is 11.7 Å². The fraction of sp³-hybridized carbons (Fsp3) is 0.154. The number of hydrogen-bond donors (Lipinski definition) is 1. The van der Waals surface area contributed by atoms with E-state index in [4.69, 9.17) is 4.74 Å². The van der Waals surface area contributed by atoms with E-state index in [0.717, 1.165) is 11.6 Å². The molecule has 0 aliphatic heterocycles. The number of hydrogen-bond acceptors (Lipinski definition) is 5. The number of benzene rings is 1. The number of para-hydroxylation sites is 1. The van der Waals surface area contributed by atoms with Gasteiger partial charge in [0.1, 0.15) is 5.69 Å². The van der Waals surface area contributed by atoms with Gasteiger partial charge in [0.15, 0.2) is 0 Å². The molecule has 104 valence electrons. The lowest BCUT2D eigenvalue weighted by atomic mass is 10.2. The van der Waals surface area contributed by atoms with Crippen LogP contribution in [0.5, 0.6) is 5.88 Å². The molecule has 1 aromatic heterocycles. The Morgan fingerprint density at radius 3 is 2.80 bits per heavy atom. The summed E-state index contributed by atoms with van der Waals surface area (Å²) >= 11 is 0. The largest absolute Gasteiger partial charge is 0.481 e. The zero-order valence-corrected chi connectivity index (χ0v) is 10.7. The number of nitrogens with zero attached hydrogens (tertiary/aromatic N) is 2. The Balaban J connectivity index is 2.14. The number of nitro benzene ring substituents is 1. The highest BCUT2D eigenvalue weighted by molar-refractivity contribution is 5.62. The Bertz CT molecular complexity index is 617. The number of nitrogens with one attached hydrogen (secondary N) is 1. The van der Waals surface area contributed by atoms with Gasteiger partial charge in [-0.3, -0.25) is 10.1 Å². The van der Waals surface area contributed by atoms with Crippen LogP contribution in [-0.2, 0) is 6.54 Å². The van der Waals surface area contributed by atoms with Crippen molar-refractivity contribution in [3.05, 3.63) is 58.0 Å². The lowest BCUT2D eigenvalue weighted by Gasteiger charge is -2.07. The van der Waals surface area contributed by atoms with E-state index in [0.29, 0.717) is 12.4 Å². The molecule has 1 N–H and O–H groups in total. The average molecular weight is 277 g/mol. The molecule has 1 heterocycles. The van der Waals surface area contributed by atoms with Crippen LogP contribution in [0.3, 0.4) is 0 Å². The van der Waals surface area contributed by atoms with Crippen molar-refractivity contribution >= 4 is 11.4 Å². The normalized spacial score (nSPS) is 10.1. The van der Waals surface area contributed by atoms with Gasteiger partial charge in [0.05, 0.1) is 12.0 Å². The van der Waals surface area contributed by atoms with Crippen molar-refractivity contribution < 1.29 is 14.1 Å². The molecule has 0 amide bonds. The summed E-state index contributed by atoms with van der Waals surface area (Å²) in [5.41, 5.74) is 0.365. The SMILES string of the molecule is COc1ccc(CNc2cccc(F)c2[N+](=O)[O-])cn1. The van der Waals surface area contributed by atoms with Gasteiger partial charge in [-0.25, -0.2) is 4.98 Å². The summed E-state index contributed by atoms with van der Waals surface area (Å²) in [4.78, 5) is 14.1. The highest BCUT2D eigenvalue weighted by atomic mass is 19.1. The molecule has 0 radical (unpaired) electrons. The van der Waals surface area contributed by atoms with E-state index in [9.17, 15) is 14.5 Å². The van der Waals surface area contributed by atoms with E-state index in [1.807, 2.05) is 0 Å². The topological polar surface area (TPSA) is 77.3 Å². The molecule has 0 spiro atoms. The van der Waals surface area contributed by atoms with Crippen molar-refractivity contribution in [3.8, 4) is 5.88 Å². The maximum Gasteiger partial charge on any atom is 0.327 e. The molecular weight excluding hydrogens is 265 g/mol. The van der Waals surface area contributed by atoms with Crippen LogP contribution >= 0.6 is 0 Å². The third-order valence-corrected chi connectivity index (χ3v) is 2.66. The Kier molecular flexibility index (Phi) is 4.09. The fourth-order valence-electron chi connectivity index (χ4n) is 1.68. The quantitative estimate of drug-likeness (QED) is 0.671. The molecule has 0 unspecified atom stereocenters. The number of rotatable bonds is 5. The van der Waals surface area contributed by atoms with E-state index in [1.54, 1.807) is 18.3 Å². The maximum atomic E-state index is 13.4. The first-order valence-corrected chi connectivity index (χ1v) is 5.77. The second-order valence-corrected chi connectivity index (χ2v) is 3.96. The first-order chi connectivity index (χ1) is 9.61. The third kappa shape index (κ3) is 3.00. The molecule has 2 rings (SSSR count). The van der Waals surface area contributed by atoms with E-state index >= 15 is 0 Å². The Morgan fingerprint density at radius 1 is 1.40 bits per heavy atom. The highest BCUT2D eigenvalue weighted by Crippen LogP contribution is 2.27. The molecule has 0 atom stereocenters. The van der Waals surface area contributed by atoms with Gasteiger partial charge in [-0.2, -0.15) is 4.39 Å². The molecule has 6 nitrogen and oxygen atoms in total. The number of pyridine rings is 1. The molecule has 2 aromatic rings. The summed E-state index contributed by atoms with van der Waals surface area (Å²) in [5, 5.41) is 13.7. The Hall–Kier alpha value is -2.70. The Morgan fingerprint density at radius 2 is 2.20 bits per heavy atom. The number of aromatic nitrogens is 1. The monoisotopic (exact) mass is 277 g/mol. The maximum absolute atomic E-state index is 13.4. The van der Waals surface area contributed by atoms with Gasteiger partial charge in [0.25, 0.3) is 0 Å². The predicted molar refractivity (Wildman–Crippen MR) is 71.2 cm³/mol. The molecule has 0 fully saturated rings. The summed E-state index contributed by atoms with van der Waals surface area (Å²) in [6.07, 6.45) is 1.58. The van der Waals surface area contributed by atoms with Crippen LogP contribution in [0.2, 0.25) is 0 Å². The van der Waals surface area contributed by atoms with Crippen LogP contribution in [0.4, 0.5) is 15.8 Å². The first-order valence-electron chi connectivity index (χ1n) is 5.77. The summed E-state index contributed by atoms with van der Waals surface area (Å²) in [5.74, 6) is -0.390. The van der Waals surface area contributed by atoms with Crippen molar-refractivity contribution in [3.63, 3.8) is 0 Å². The van der Waals surface area contributed by atoms with Crippen LogP contribution in [0.1, 0.15) is 5.56 Å². The molecule has 7 heteroatoms. The van der Waals surface area contributed by atoms with Crippen LogP contribution in [0.15, 0.2) is 36.5 Å². The number of halogens is 1. The summed E-state index contributed by atoms with van der Waals surface area (Å²) in [7, 11) is 1.51. The zero-order valence-electron chi connectivity index (χ0n) is 10.7. The molecule has 0 saturated heterocycles. The lowest BCUT2D eigenvalue weighted by molar-refractivity contribution is -0.386. The molecule has 0 saturated carbocycles. The van der Waals surface area contributed by atoms with E-state index in [2.05, 4.69) is 10.3 Å². The van der Waals surface area contributed by atoms with Crippen molar-refractivity contribution in [2.75, 3.05) is 12.4 Å². The molecule has 0 aliphatic carbocycles. The van der Waals surface area contributed by atoms with Crippen molar-refractivity contribution in [1.82, 2.24) is 4.98 Å². The van der Waals surface area contributed by atoms with Gasteiger partial charge in [-0.15, -0.1) is 0 Å². The van der Waals surface area contributed by atoms with E-state index < -0.39 is 16.4 Å². The second kappa shape index (κ2) is 5.96. The number of anilines is 1. The molecule has 1 aromatic carbocycles. The summed E-state index contributed by atoms with van der Waals surface area (Å²) in [6, 6.07) is 7.37. The minimum atomic E-state index is -0.868. The van der Waals surface area contributed by atoms with E-state index in [1.165, 1.54) is 19.2 Å². The predicted octanol–water partition coefficient (Wildman–Crippen LogP) is 2.75.